The second kappa shape index (κ2) is 8.67. The fraction of sp³-hybridized carbons (Fsp3) is 0.455. The Hall–Kier alpha value is -1.88. The minimum Gasteiger partial charge on any atom is -0.378 e. The third-order valence-corrected chi connectivity index (χ3v) is 5.41. The van der Waals surface area contributed by atoms with Gasteiger partial charge in [-0.3, -0.25) is 0 Å². The van der Waals surface area contributed by atoms with Crippen LogP contribution in [0.4, 0.5) is 5.69 Å². The Kier molecular flexibility index (Phi) is 5.85. The van der Waals surface area contributed by atoms with Gasteiger partial charge < -0.3 is 19.7 Å². The number of benzene rings is 2. The third kappa shape index (κ3) is 4.09. The number of hydrogen-bond acceptors (Lipinski definition) is 4. The molecule has 2 aromatic carbocycles. The zero-order chi connectivity index (χ0) is 17.6. The van der Waals surface area contributed by atoms with Crippen LogP contribution in [0.1, 0.15) is 23.7 Å². The topological polar surface area (TPSA) is 33.7 Å². The molecule has 2 heterocycles. The van der Waals surface area contributed by atoms with Crippen LogP contribution in [0.25, 0.3) is 0 Å². The van der Waals surface area contributed by atoms with Crippen LogP contribution < -0.4 is 10.2 Å². The number of nitrogens with zero attached hydrogens (tertiary/aromatic N) is 1. The molecule has 0 aliphatic carbocycles. The van der Waals surface area contributed by atoms with E-state index in [4.69, 9.17) is 9.47 Å². The Morgan fingerprint density at radius 3 is 2.54 bits per heavy atom. The average Bonchev–Trinajstić information content (AvgIpc) is 3.18. The molecule has 2 fully saturated rings. The van der Waals surface area contributed by atoms with Gasteiger partial charge in [-0.1, -0.05) is 48.5 Å². The molecule has 0 spiro atoms. The Morgan fingerprint density at radius 1 is 0.923 bits per heavy atom. The van der Waals surface area contributed by atoms with Crippen LogP contribution in [-0.2, 0) is 16.0 Å². The number of para-hydroxylation sites is 1. The summed E-state index contributed by atoms with van der Waals surface area (Å²) in [4.78, 5) is 2.44. The van der Waals surface area contributed by atoms with E-state index in [2.05, 4.69) is 64.8 Å². The van der Waals surface area contributed by atoms with E-state index in [1.54, 1.807) is 0 Å². The Bertz CT molecular complexity index is 686. The van der Waals surface area contributed by atoms with E-state index in [0.717, 1.165) is 52.4 Å². The molecule has 2 aliphatic rings. The second-order valence-electron chi connectivity index (χ2n) is 7.11. The van der Waals surface area contributed by atoms with Crippen molar-refractivity contribution in [3.63, 3.8) is 0 Å². The van der Waals surface area contributed by atoms with Crippen molar-refractivity contribution >= 4 is 5.69 Å². The highest BCUT2D eigenvalue weighted by atomic mass is 16.5. The van der Waals surface area contributed by atoms with E-state index < -0.39 is 0 Å². The molecule has 0 radical (unpaired) electrons. The highest BCUT2D eigenvalue weighted by Gasteiger charge is 2.29. The number of anilines is 1. The van der Waals surface area contributed by atoms with Crippen LogP contribution in [-0.4, -0.2) is 39.5 Å². The molecule has 2 aromatic rings. The fourth-order valence-electron chi connectivity index (χ4n) is 4.02. The van der Waals surface area contributed by atoms with Crippen molar-refractivity contribution in [3.05, 3.63) is 65.7 Å². The van der Waals surface area contributed by atoms with E-state index >= 15 is 0 Å². The van der Waals surface area contributed by atoms with Crippen LogP contribution in [0.5, 0.6) is 0 Å². The first kappa shape index (κ1) is 17.5. The zero-order valence-corrected chi connectivity index (χ0v) is 15.3. The van der Waals surface area contributed by atoms with Crippen molar-refractivity contribution in [2.75, 3.05) is 44.4 Å². The molecule has 0 amide bonds. The first-order valence-electron chi connectivity index (χ1n) is 9.69. The van der Waals surface area contributed by atoms with Gasteiger partial charge in [0.2, 0.25) is 0 Å². The third-order valence-electron chi connectivity index (χ3n) is 5.41. The number of rotatable bonds is 6. The van der Waals surface area contributed by atoms with Crippen molar-refractivity contribution < 1.29 is 9.47 Å². The smallest absolute Gasteiger partial charge is 0.0866 e. The highest BCUT2D eigenvalue weighted by Crippen LogP contribution is 2.34. The molecular weight excluding hydrogens is 324 g/mol. The molecule has 2 aliphatic heterocycles. The summed E-state index contributed by atoms with van der Waals surface area (Å²) in [5.41, 5.74) is 4.00. The van der Waals surface area contributed by atoms with Gasteiger partial charge in [-0.05, 0) is 23.6 Å². The molecule has 2 saturated heterocycles. The van der Waals surface area contributed by atoms with Crippen molar-refractivity contribution in [2.24, 2.45) is 5.92 Å². The van der Waals surface area contributed by atoms with Crippen LogP contribution in [0.2, 0.25) is 0 Å². The predicted octanol–water partition coefficient (Wildman–Crippen LogP) is 3.39. The first-order valence-corrected chi connectivity index (χ1v) is 9.69. The molecule has 4 rings (SSSR count). The van der Waals surface area contributed by atoms with E-state index in [1.165, 1.54) is 16.8 Å². The predicted molar refractivity (Wildman–Crippen MR) is 104 cm³/mol. The van der Waals surface area contributed by atoms with Crippen LogP contribution in [0.15, 0.2) is 54.6 Å². The van der Waals surface area contributed by atoms with Gasteiger partial charge in [0.25, 0.3) is 0 Å². The maximum atomic E-state index is 6.01. The van der Waals surface area contributed by atoms with Crippen LogP contribution in [0.3, 0.4) is 0 Å². The number of ether oxygens (including phenoxy) is 2. The monoisotopic (exact) mass is 352 g/mol. The maximum absolute atomic E-state index is 6.01. The van der Waals surface area contributed by atoms with Crippen LogP contribution >= 0.6 is 0 Å². The van der Waals surface area contributed by atoms with E-state index in [-0.39, 0.29) is 6.10 Å². The second-order valence-corrected chi connectivity index (χ2v) is 7.11. The highest BCUT2D eigenvalue weighted by molar-refractivity contribution is 5.53. The zero-order valence-electron chi connectivity index (χ0n) is 15.3. The molecular formula is C22H28N2O2. The van der Waals surface area contributed by atoms with E-state index in [0.29, 0.717) is 5.92 Å². The Morgan fingerprint density at radius 2 is 1.69 bits per heavy atom. The van der Waals surface area contributed by atoms with E-state index in [1.807, 2.05) is 0 Å². The molecule has 138 valence electrons. The summed E-state index contributed by atoms with van der Waals surface area (Å²) in [7, 11) is 0. The minimum absolute atomic E-state index is 0.221. The molecule has 1 N–H and O–H groups in total. The van der Waals surface area contributed by atoms with Crippen LogP contribution in [0, 0.1) is 5.92 Å². The molecule has 4 nitrogen and oxygen atoms in total. The molecule has 0 bridgehead atoms. The minimum atomic E-state index is 0.221. The molecule has 26 heavy (non-hydrogen) atoms. The summed E-state index contributed by atoms with van der Waals surface area (Å²) >= 11 is 0. The largest absolute Gasteiger partial charge is 0.378 e. The van der Waals surface area contributed by atoms with Gasteiger partial charge in [-0.2, -0.15) is 0 Å². The summed E-state index contributed by atoms with van der Waals surface area (Å²) in [5, 5.41) is 3.68. The summed E-state index contributed by atoms with van der Waals surface area (Å²) in [6.45, 7) is 6.33. The number of hydrogen-bond donors (Lipinski definition) is 1. The lowest BCUT2D eigenvalue weighted by atomic mass is 9.95. The van der Waals surface area contributed by atoms with E-state index in [9.17, 15) is 0 Å². The lowest BCUT2D eigenvalue weighted by Gasteiger charge is -2.30. The summed E-state index contributed by atoms with van der Waals surface area (Å²) in [6.07, 6.45) is 1.34. The van der Waals surface area contributed by atoms with Gasteiger partial charge in [0.15, 0.2) is 0 Å². The van der Waals surface area contributed by atoms with Gasteiger partial charge in [-0.15, -0.1) is 0 Å². The molecule has 0 unspecified atom stereocenters. The normalized spacial score (nSPS) is 23.3. The molecule has 0 saturated carbocycles. The molecule has 2 atom stereocenters. The van der Waals surface area contributed by atoms with Crippen molar-refractivity contribution in [3.8, 4) is 0 Å². The van der Waals surface area contributed by atoms with Crippen molar-refractivity contribution in [2.45, 2.75) is 19.1 Å². The molecule has 4 heteroatoms. The Balaban J connectivity index is 1.36. The first-order chi connectivity index (χ1) is 12.9. The quantitative estimate of drug-likeness (QED) is 0.864. The molecule has 0 aromatic heterocycles. The van der Waals surface area contributed by atoms with Gasteiger partial charge in [0.1, 0.15) is 0 Å². The maximum Gasteiger partial charge on any atom is 0.0866 e. The summed E-state index contributed by atoms with van der Waals surface area (Å²) in [5.74, 6) is 0.535. The number of nitrogens with one attached hydrogen (secondary N) is 1. The van der Waals surface area contributed by atoms with Gasteiger partial charge in [0, 0.05) is 44.4 Å². The Labute approximate surface area is 156 Å². The summed E-state index contributed by atoms with van der Waals surface area (Å²) < 4.78 is 11.5. The van der Waals surface area contributed by atoms with Gasteiger partial charge >= 0.3 is 0 Å². The fourth-order valence-corrected chi connectivity index (χ4v) is 4.02. The summed E-state index contributed by atoms with van der Waals surface area (Å²) in [6, 6.07) is 19.3. The average molecular weight is 352 g/mol. The standard InChI is InChI=1S/C22H28N2O2/c1-2-6-18(7-3-1)22-20(10-13-26-22)17-23-16-19-8-4-5-9-21(19)24-11-14-25-15-12-24/h1-9,20,22-23H,10-17H2/t20-,22-/m1/s1. The lowest BCUT2D eigenvalue weighted by molar-refractivity contribution is 0.0904. The van der Waals surface area contributed by atoms with Crippen molar-refractivity contribution in [1.82, 2.24) is 5.32 Å². The lowest BCUT2D eigenvalue weighted by Crippen LogP contribution is -2.37. The van der Waals surface area contributed by atoms with Crippen molar-refractivity contribution in [1.29, 1.82) is 0 Å². The number of morpholine rings is 1. The van der Waals surface area contributed by atoms with Gasteiger partial charge in [-0.25, -0.2) is 0 Å². The SMILES string of the molecule is c1ccc([C@H]2OCC[C@@H]2CNCc2ccccc2N2CCOCC2)cc1. The van der Waals surface area contributed by atoms with Gasteiger partial charge in [0.05, 0.1) is 19.3 Å².